The number of methoxy groups -OCH3 is 2. The van der Waals surface area contributed by atoms with Crippen LogP contribution in [-0.4, -0.2) is 26.0 Å². The van der Waals surface area contributed by atoms with E-state index in [1.165, 1.54) is 14.2 Å². The number of hydrogen-bond donors (Lipinski definition) is 1. The smallest absolute Gasteiger partial charge is 0.326 e. The summed E-state index contributed by atoms with van der Waals surface area (Å²) in [7, 11) is 3.04. The molecule has 0 fully saturated rings. The molecule has 0 aliphatic carbocycles. The number of carbonyl (C=O) groups excluding carboxylic acids is 1. The summed E-state index contributed by atoms with van der Waals surface area (Å²) in [5.41, 5.74) is 6.82. The Morgan fingerprint density at radius 3 is 2.46 bits per heavy atom. The van der Waals surface area contributed by atoms with Gasteiger partial charge in [-0.05, 0) is 30.3 Å². The zero-order valence-corrected chi connectivity index (χ0v) is 14.5. The Kier molecular flexibility index (Phi) is 5.07. The molecule has 0 aromatic heterocycles. The lowest BCUT2D eigenvalue weighted by Crippen LogP contribution is -2.36. The maximum Gasteiger partial charge on any atom is 0.326 e. The number of amidine groups is 1. The fourth-order valence-electron chi connectivity index (χ4n) is 2.47. The molecule has 0 radical (unpaired) electrons. The van der Waals surface area contributed by atoms with Crippen LogP contribution in [0.25, 0.3) is 0 Å². The van der Waals surface area contributed by atoms with Crippen LogP contribution in [0.15, 0.2) is 65.9 Å². The minimum absolute atomic E-state index is 0.154. The van der Waals surface area contributed by atoms with Crippen LogP contribution >= 0.6 is 0 Å². The van der Waals surface area contributed by atoms with Crippen LogP contribution in [0.2, 0.25) is 0 Å². The highest BCUT2D eigenvalue weighted by Crippen LogP contribution is 2.31. The van der Waals surface area contributed by atoms with Crippen molar-refractivity contribution in [2.75, 3.05) is 19.2 Å². The van der Waals surface area contributed by atoms with Crippen molar-refractivity contribution in [2.24, 2.45) is 16.8 Å². The third kappa shape index (κ3) is 3.61. The zero-order valence-electron chi connectivity index (χ0n) is 14.5. The second-order valence-electron chi connectivity index (χ2n) is 5.46. The molecular weight excluding hydrogens is 334 g/mol. The molecular formula is C19H19N3O4. The zero-order chi connectivity index (χ0) is 18.5. The molecule has 7 nitrogen and oxygen atoms in total. The van der Waals surface area contributed by atoms with Crippen LogP contribution in [0.5, 0.6) is 17.2 Å². The van der Waals surface area contributed by atoms with Crippen LogP contribution in [0.4, 0.5) is 5.69 Å². The van der Waals surface area contributed by atoms with Crippen LogP contribution in [0.1, 0.15) is 0 Å². The molecule has 0 saturated heterocycles. The van der Waals surface area contributed by atoms with E-state index in [0.717, 1.165) is 5.69 Å². The lowest BCUT2D eigenvalue weighted by molar-refractivity contribution is -0.135. The normalized spacial score (nSPS) is 16.0. The molecule has 0 bridgehead atoms. The van der Waals surface area contributed by atoms with Crippen LogP contribution in [0.3, 0.4) is 0 Å². The molecule has 0 saturated carbocycles. The number of rotatable bonds is 5. The predicted octanol–water partition coefficient (Wildman–Crippen LogP) is 2.53. The lowest BCUT2D eigenvalue weighted by Gasteiger charge is -2.22. The van der Waals surface area contributed by atoms with Gasteiger partial charge in [-0.25, -0.2) is 5.01 Å². The number of nitrogens with two attached hydrogens (primary N) is 1. The minimum atomic E-state index is -0.761. The first kappa shape index (κ1) is 17.3. The van der Waals surface area contributed by atoms with E-state index in [9.17, 15) is 4.79 Å². The third-order valence-corrected chi connectivity index (χ3v) is 3.81. The van der Waals surface area contributed by atoms with Crippen LogP contribution in [0, 0.1) is 5.92 Å². The highest BCUT2D eigenvalue weighted by molar-refractivity contribution is 6.03. The van der Waals surface area contributed by atoms with E-state index in [2.05, 4.69) is 5.10 Å². The van der Waals surface area contributed by atoms with Crippen LogP contribution in [-0.2, 0) is 4.79 Å². The summed E-state index contributed by atoms with van der Waals surface area (Å²) >= 11 is 0. The Hall–Kier alpha value is -3.48. The number of ether oxygens (including phenoxy) is 3. The molecule has 1 heterocycles. The molecule has 2 aromatic carbocycles. The molecule has 1 atom stereocenters. The van der Waals surface area contributed by atoms with Gasteiger partial charge < -0.3 is 19.9 Å². The number of carbonyl (C=O) groups is 1. The SMILES string of the molecule is COc1ccc(OC(=O)C2C=CN(c3ccccc3)N=C2N)cc1OC. The summed E-state index contributed by atoms with van der Waals surface area (Å²) in [6.07, 6.45) is 3.34. The summed E-state index contributed by atoms with van der Waals surface area (Å²) in [6.45, 7) is 0. The highest BCUT2D eigenvalue weighted by atomic mass is 16.5. The van der Waals surface area contributed by atoms with E-state index in [4.69, 9.17) is 19.9 Å². The molecule has 1 unspecified atom stereocenters. The van der Waals surface area contributed by atoms with Gasteiger partial charge in [-0.2, -0.15) is 5.10 Å². The number of hydrogen-bond acceptors (Lipinski definition) is 7. The Labute approximate surface area is 151 Å². The Balaban J connectivity index is 1.72. The Bertz CT molecular complexity index is 849. The van der Waals surface area contributed by atoms with Gasteiger partial charge in [-0.1, -0.05) is 18.2 Å². The van der Waals surface area contributed by atoms with E-state index >= 15 is 0 Å². The average Bonchev–Trinajstić information content (AvgIpc) is 2.68. The van der Waals surface area contributed by atoms with E-state index in [-0.39, 0.29) is 5.84 Å². The van der Waals surface area contributed by atoms with Crippen molar-refractivity contribution >= 4 is 17.5 Å². The standard InChI is InChI=1S/C19H19N3O4/c1-24-16-9-8-14(12-17(16)25-2)26-19(23)15-10-11-22(21-18(15)20)13-6-4-3-5-7-13/h3-12,15H,1-2H3,(H2,20,21). The van der Waals surface area contributed by atoms with Crippen molar-refractivity contribution in [1.29, 1.82) is 0 Å². The molecule has 134 valence electrons. The maximum absolute atomic E-state index is 12.5. The second-order valence-corrected chi connectivity index (χ2v) is 5.46. The van der Waals surface area contributed by atoms with Gasteiger partial charge in [0.15, 0.2) is 11.5 Å². The van der Waals surface area contributed by atoms with Crippen molar-refractivity contribution in [1.82, 2.24) is 0 Å². The molecule has 2 aromatic rings. The molecule has 7 heteroatoms. The van der Waals surface area contributed by atoms with Crippen molar-refractivity contribution in [3.05, 3.63) is 60.8 Å². The van der Waals surface area contributed by atoms with Gasteiger partial charge in [-0.15, -0.1) is 0 Å². The number of esters is 1. The van der Waals surface area contributed by atoms with Crippen molar-refractivity contribution in [3.8, 4) is 17.2 Å². The van der Waals surface area contributed by atoms with E-state index in [1.54, 1.807) is 35.5 Å². The van der Waals surface area contributed by atoms with Gasteiger partial charge in [0.1, 0.15) is 17.5 Å². The summed E-state index contributed by atoms with van der Waals surface area (Å²) < 4.78 is 15.8. The highest BCUT2D eigenvalue weighted by Gasteiger charge is 2.26. The summed E-state index contributed by atoms with van der Waals surface area (Å²) in [5.74, 6) is 0.213. The van der Waals surface area contributed by atoms with Gasteiger partial charge in [-0.3, -0.25) is 4.79 Å². The number of nitrogens with zero attached hydrogens (tertiary/aromatic N) is 2. The van der Waals surface area contributed by atoms with E-state index in [1.807, 2.05) is 30.3 Å². The topological polar surface area (TPSA) is 86.4 Å². The first-order valence-corrected chi connectivity index (χ1v) is 7.92. The monoisotopic (exact) mass is 353 g/mol. The second kappa shape index (κ2) is 7.60. The van der Waals surface area contributed by atoms with Gasteiger partial charge >= 0.3 is 5.97 Å². The molecule has 1 aliphatic heterocycles. The predicted molar refractivity (Wildman–Crippen MR) is 98.4 cm³/mol. The Morgan fingerprint density at radius 1 is 1.08 bits per heavy atom. The van der Waals surface area contributed by atoms with Gasteiger partial charge in [0.25, 0.3) is 0 Å². The first-order valence-electron chi connectivity index (χ1n) is 7.92. The average molecular weight is 353 g/mol. The van der Waals surface area contributed by atoms with Gasteiger partial charge in [0.2, 0.25) is 0 Å². The molecule has 1 aliphatic rings. The van der Waals surface area contributed by atoms with E-state index < -0.39 is 11.9 Å². The lowest BCUT2D eigenvalue weighted by atomic mass is 10.1. The molecule has 2 N–H and O–H groups in total. The van der Waals surface area contributed by atoms with Crippen LogP contribution < -0.4 is 25.0 Å². The van der Waals surface area contributed by atoms with Gasteiger partial charge in [0.05, 0.1) is 19.9 Å². The molecule has 3 rings (SSSR count). The van der Waals surface area contributed by atoms with Crippen molar-refractivity contribution in [2.45, 2.75) is 0 Å². The third-order valence-electron chi connectivity index (χ3n) is 3.81. The first-order chi connectivity index (χ1) is 12.6. The fourth-order valence-corrected chi connectivity index (χ4v) is 2.47. The van der Waals surface area contributed by atoms with Crippen molar-refractivity contribution < 1.29 is 19.0 Å². The number of hydrazone groups is 1. The molecule has 0 spiro atoms. The number of para-hydroxylation sites is 1. The Morgan fingerprint density at radius 2 is 1.81 bits per heavy atom. The maximum atomic E-state index is 12.5. The number of anilines is 1. The van der Waals surface area contributed by atoms with Gasteiger partial charge in [0, 0.05) is 12.3 Å². The summed E-state index contributed by atoms with van der Waals surface area (Å²) in [6, 6.07) is 14.3. The number of benzene rings is 2. The molecule has 26 heavy (non-hydrogen) atoms. The minimum Gasteiger partial charge on any atom is -0.493 e. The fraction of sp³-hybridized carbons (Fsp3) is 0.158. The summed E-state index contributed by atoms with van der Waals surface area (Å²) in [5, 5.41) is 5.86. The van der Waals surface area contributed by atoms with Crippen molar-refractivity contribution in [3.63, 3.8) is 0 Å². The van der Waals surface area contributed by atoms with E-state index in [0.29, 0.717) is 17.2 Å². The molecule has 0 amide bonds. The largest absolute Gasteiger partial charge is 0.493 e. The quantitative estimate of drug-likeness (QED) is 0.657. The summed E-state index contributed by atoms with van der Waals surface area (Å²) in [4.78, 5) is 12.5.